The molecule has 118 valence electrons. The van der Waals surface area contributed by atoms with Gasteiger partial charge < -0.3 is 10.6 Å². The lowest BCUT2D eigenvalue weighted by Crippen LogP contribution is -2.43. The van der Waals surface area contributed by atoms with Crippen molar-refractivity contribution in [1.82, 2.24) is 10.2 Å². The highest BCUT2D eigenvalue weighted by atomic mass is 19.1. The van der Waals surface area contributed by atoms with Gasteiger partial charge in [0.25, 0.3) is 0 Å². The number of halogens is 1. The van der Waals surface area contributed by atoms with Gasteiger partial charge in [-0.2, -0.15) is 5.26 Å². The van der Waals surface area contributed by atoms with Gasteiger partial charge in [0.1, 0.15) is 11.9 Å². The fourth-order valence-electron chi connectivity index (χ4n) is 2.69. The third kappa shape index (κ3) is 4.43. The van der Waals surface area contributed by atoms with Gasteiger partial charge in [-0.3, -0.25) is 4.90 Å². The van der Waals surface area contributed by atoms with Crippen LogP contribution in [-0.2, 0) is 0 Å². The molecule has 1 aliphatic heterocycles. The third-order valence-corrected chi connectivity index (χ3v) is 3.98. The maximum atomic E-state index is 13.0. The van der Waals surface area contributed by atoms with Crippen molar-refractivity contribution in [2.75, 3.05) is 25.0 Å². The molecule has 22 heavy (non-hydrogen) atoms. The molecule has 0 bridgehead atoms. The summed E-state index contributed by atoms with van der Waals surface area (Å²) >= 11 is 0. The van der Waals surface area contributed by atoms with Crippen molar-refractivity contribution in [2.24, 2.45) is 0 Å². The van der Waals surface area contributed by atoms with Gasteiger partial charge in [-0.25, -0.2) is 9.18 Å². The van der Waals surface area contributed by atoms with Gasteiger partial charge in [-0.15, -0.1) is 0 Å². The van der Waals surface area contributed by atoms with Crippen molar-refractivity contribution >= 4 is 11.7 Å². The van der Waals surface area contributed by atoms with Gasteiger partial charge in [-0.1, -0.05) is 6.42 Å². The number of anilines is 1. The number of nitriles is 1. The molecule has 1 heterocycles. The van der Waals surface area contributed by atoms with Crippen LogP contribution in [0.25, 0.3) is 0 Å². The zero-order valence-electron chi connectivity index (χ0n) is 12.7. The zero-order chi connectivity index (χ0) is 15.9. The summed E-state index contributed by atoms with van der Waals surface area (Å²) in [4.78, 5) is 14.2. The molecule has 2 rings (SSSR count). The fourth-order valence-corrected chi connectivity index (χ4v) is 2.69. The highest BCUT2D eigenvalue weighted by Gasteiger charge is 2.17. The van der Waals surface area contributed by atoms with E-state index in [2.05, 4.69) is 22.5 Å². The summed E-state index contributed by atoms with van der Waals surface area (Å²) in [6.07, 6.45) is 3.68. The Hall–Kier alpha value is -2.13. The largest absolute Gasteiger partial charge is 0.337 e. The average Bonchev–Trinajstić information content (AvgIpc) is 2.51. The molecular weight excluding hydrogens is 283 g/mol. The number of amides is 2. The summed E-state index contributed by atoms with van der Waals surface area (Å²) in [6, 6.07) is 5.74. The molecule has 1 aromatic rings. The first-order valence-corrected chi connectivity index (χ1v) is 7.58. The Balaban J connectivity index is 1.80. The first-order valence-electron chi connectivity index (χ1n) is 7.58. The number of carbonyl (C=O) groups excluding carboxylic acids is 1. The van der Waals surface area contributed by atoms with Crippen molar-refractivity contribution in [1.29, 1.82) is 5.26 Å². The smallest absolute Gasteiger partial charge is 0.319 e. The molecule has 2 amide bonds. The van der Waals surface area contributed by atoms with E-state index in [1.165, 1.54) is 31.4 Å². The predicted octanol–water partition coefficient (Wildman–Crippen LogP) is 2.69. The topological polar surface area (TPSA) is 68.2 Å². The second-order valence-electron chi connectivity index (χ2n) is 5.56. The molecule has 1 atom stereocenters. The van der Waals surface area contributed by atoms with Crippen molar-refractivity contribution in [3.63, 3.8) is 0 Å². The molecule has 0 aromatic heterocycles. The van der Waals surface area contributed by atoms with Crippen molar-refractivity contribution in [3.8, 4) is 6.07 Å². The van der Waals surface area contributed by atoms with Crippen LogP contribution < -0.4 is 10.6 Å². The second-order valence-corrected chi connectivity index (χ2v) is 5.56. The lowest BCUT2D eigenvalue weighted by molar-refractivity contribution is 0.162. The van der Waals surface area contributed by atoms with Crippen LogP contribution in [0.5, 0.6) is 0 Å². The van der Waals surface area contributed by atoms with E-state index < -0.39 is 5.82 Å². The van der Waals surface area contributed by atoms with E-state index in [9.17, 15) is 9.18 Å². The molecule has 1 fully saturated rings. The van der Waals surface area contributed by atoms with Crippen LogP contribution >= 0.6 is 0 Å². The van der Waals surface area contributed by atoms with Crippen LogP contribution in [-0.4, -0.2) is 36.6 Å². The number of rotatable bonds is 4. The second kappa shape index (κ2) is 7.76. The molecular formula is C16H21FN4O. The van der Waals surface area contributed by atoms with Gasteiger partial charge in [0.15, 0.2) is 0 Å². The minimum Gasteiger partial charge on any atom is -0.337 e. The average molecular weight is 304 g/mol. The lowest BCUT2D eigenvalue weighted by atomic mass is 10.0. The Morgan fingerprint density at radius 3 is 3.05 bits per heavy atom. The Morgan fingerprint density at radius 2 is 2.32 bits per heavy atom. The number of urea groups is 1. The minimum atomic E-state index is -0.499. The SMILES string of the molecule is CC1CCCCN1CCNC(=O)Nc1ccc(F)cc1C#N. The molecule has 0 radical (unpaired) electrons. The van der Waals surface area contributed by atoms with Crippen LogP contribution in [0.2, 0.25) is 0 Å². The van der Waals surface area contributed by atoms with Gasteiger partial charge >= 0.3 is 6.03 Å². The number of hydrogen-bond donors (Lipinski definition) is 2. The van der Waals surface area contributed by atoms with Gasteiger partial charge in [0.05, 0.1) is 11.3 Å². The molecule has 1 aliphatic rings. The minimum absolute atomic E-state index is 0.111. The van der Waals surface area contributed by atoms with Crippen LogP contribution in [0.1, 0.15) is 31.7 Å². The summed E-state index contributed by atoms with van der Waals surface area (Å²) < 4.78 is 13.0. The first kappa shape index (κ1) is 16.2. The van der Waals surface area contributed by atoms with E-state index in [0.717, 1.165) is 19.2 Å². The Labute approximate surface area is 130 Å². The molecule has 0 aliphatic carbocycles. The predicted molar refractivity (Wildman–Crippen MR) is 83.0 cm³/mol. The first-order chi connectivity index (χ1) is 10.6. The molecule has 1 saturated heterocycles. The number of carbonyl (C=O) groups is 1. The Morgan fingerprint density at radius 1 is 1.50 bits per heavy atom. The van der Waals surface area contributed by atoms with Gasteiger partial charge in [0, 0.05) is 19.1 Å². The molecule has 5 nitrogen and oxygen atoms in total. The van der Waals surface area contributed by atoms with Gasteiger partial charge in [0.2, 0.25) is 0 Å². The van der Waals surface area contributed by atoms with Crippen LogP contribution in [0.3, 0.4) is 0 Å². The van der Waals surface area contributed by atoms with Crippen LogP contribution in [0, 0.1) is 17.1 Å². The quantitative estimate of drug-likeness (QED) is 0.898. The molecule has 0 saturated carbocycles. The lowest BCUT2D eigenvalue weighted by Gasteiger charge is -2.33. The van der Waals surface area contributed by atoms with E-state index in [-0.39, 0.29) is 11.6 Å². The number of hydrogen-bond acceptors (Lipinski definition) is 3. The number of nitrogens with one attached hydrogen (secondary N) is 2. The number of piperidine rings is 1. The van der Waals surface area contributed by atoms with E-state index >= 15 is 0 Å². The van der Waals surface area contributed by atoms with E-state index in [0.29, 0.717) is 18.3 Å². The summed E-state index contributed by atoms with van der Waals surface area (Å²) in [7, 11) is 0. The van der Waals surface area contributed by atoms with Crippen LogP contribution in [0.15, 0.2) is 18.2 Å². The summed E-state index contributed by atoms with van der Waals surface area (Å²) in [6.45, 7) is 4.63. The van der Waals surface area contributed by atoms with Gasteiger partial charge in [-0.05, 0) is 44.5 Å². The normalized spacial score (nSPS) is 18.5. The number of nitrogens with zero attached hydrogens (tertiary/aromatic N) is 2. The maximum absolute atomic E-state index is 13.0. The zero-order valence-corrected chi connectivity index (χ0v) is 12.7. The third-order valence-electron chi connectivity index (χ3n) is 3.98. The number of likely N-dealkylation sites (tertiary alicyclic amines) is 1. The highest BCUT2D eigenvalue weighted by molar-refractivity contribution is 5.90. The standard InChI is InChI=1S/C16H21FN4O/c1-12-4-2-3-8-21(12)9-7-19-16(22)20-15-6-5-14(17)10-13(15)11-18/h5-6,10,12H,2-4,7-9H2,1H3,(H2,19,20,22). The van der Waals surface area contributed by atoms with E-state index in [1.807, 2.05) is 6.07 Å². The fraction of sp³-hybridized carbons (Fsp3) is 0.500. The molecule has 2 N–H and O–H groups in total. The maximum Gasteiger partial charge on any atom is 0.319 e. The van der Waals surface area contributed by atoms with Crippen molar-refractivity contribution in [2.45, 2.75) is 32.2 Å². The van der Waals surface area contributed by atoms with E-state index in [4.69, 9.17) is 5.26 Å². The molecule has 0 spiro atoms. The monoisotopic (exact) mass is 304 g/mol. The highest BCUT2D eigenvalue weighted by Crippen LogP contribution is 2.16. The molecule has 1 unspecified atom stereocenters. The van der Waals surface area contributed by atoms with Crippen LogP contribution in [0.4, 0.5) is 14.9 Å². The van der Waals surface area contributed by atoms with Crippen molar-refractivity contribution in [3.05, 3.63) is 29.6 Å². The van der Waals surface area contributed by atoms with E-state index in [1.54, 1.807) is 0 Å². The summed E-state index contributed by atoms with van der Waals surface area (Å²) in [5.41, 5.74) is 0.424. The number of benzene rings is 1. The summed E-state index contributed by atoms with van der Waals surface area (Å²) in [5.74, 6) is -0.499. The van der Waals surface area contributed by atoms with Crippen molar-refractivity contribution < 1.29 is 9.18 Å². The Bertz CT molecular complexity index is 570. The Kier molecular flexibility index (Phi) is 5.73. The molecule has 6 heteroatoms. The summed E-state index contributed by atoms with van der Waals surface area (Å²) in [5, 5.41) is 14.3. The molecule has 1 aromatic carbocycles.